The summed E-state index contributed by atoms with van der Waals surface area (Å²) in [5.41, 5.74) is 0. The highest BCUT2D eigenvalue weighted by Crippen LogP contribution is 2.27. The van der Waals surface area contributed by atoms with E-state index in [1.165, 1.54) is 19.3 Å². The number of rotatable bonds is 4. The van der Waals surface area contributed by atoms with Crippen molar-refractivity contribution >= 4 is 15.8 Å². The Hall–Kier alpha value is -0.820. The highest BCUT2D eigenvalue weighted by Gasteiger charge is 2.41. The number of aliphatic imine (C=N–C) groups is 1. The van der Waals surface area contributed by atoms with Crippen LogP contribution in [-0.4, -0.2) is 67.2 Å². The van der Waals surface area contributed by atoms with Crippen LogP contribution in [-0.2, 0) is 9.84 Å². The van der Waals surface area contributed by atoms with Crippen molar-refractivity contribution < 1.29 is 13.5 Å². The second-order valence-electron chi connectivity index (χ2n) is 7.66. The Morgan fingerprint density at radius 2 is 2.00 bits per heavy atom. The topological polar surface area (TPSA) is 82.0 Å². The summed E-state index contributed by atoms with van der Waals surface area (Å²) in [5.74, 6) is 1.22. The minimum absolute atomic E-state index is 0.148. The lowest BCUT2D eigenvalue weighted by molar-refractivity contribution is 0.0920. The molecule has 2 rings (SSSR count). The maximum Gasteiger partial charge on any atom is 0.194 e. The number of aliphatic hydroxyl groups excluding tert-OH is 1. The number of hydrogen-bond donors (Lipinski definition) is 2. The molecule has 0 amide bonds. The molecular weight excluding hydrogens is 326 g/mol. The van der Waals surface area contributed by atoms with Crippen LogP contribution in [0.5, 0.6) is 0 Å². The summed E-state index contributed by atoms with van der Waals surface area (Å²) in [5, 5.41) is 13.7. The van der Waals surface area contributed by atoms with Gasteiger partial charge >= 0.3 is 0 Å². The van der Waals surface area contributed by atoms with Gasteiger partial charge in [-0.15, -0.1) is 0 Å². The van der Waals surface area contributed by atoms with Crippen LogP contribution in [0.2, 0.25) is 0 Å². The Labute approximate surface area is 146 Å². The molecule has 1 saturated carbocycles. The summed E-state index contributed by atoms with van der Waals surface area (Å²) in [6.07, 6.45) is 5.44. The highest BCUT2D eigenvalue weighted by molar-refractivity contribution is 7.92. The van der Waals surface area contributed by atoms with Crippen molar-refractivity contribution in [2.45, 2.75) is 63.7 Å². The third kappa shape index (κ3) is 4.63. The van der Waals surface area contributed by atoms with Crippen LogP contribution in [0, 0.1) is 5.92 Å². The fourth-order valence-electron chi connectivity index (χ4n) is 3.60. The Morgan fingerprint density at radius 1 is 1.33 bits per heavy atom. The lowest BCUT2D eigenvalue weighted by atomic mass is 9.85. The molecule has 0 spiro atoms. The molecule has 140 valence electrons. The van der Waals surface area contributed by atoms with Crippen LogP contribution in [0.1, 0.15) is 52.9 Å². The van der Waals surface area contributed by atoms with Crippen molar-refractivity contribution in [3.05, 3.63) is 0 Å². The molecule has 0 aromatic carbocycles. The molecule has 0 bridgehead atoms. The third-order valence-corrected chi connectivity index (χ3v) is 7.83. The number of aliphatic hydroxyl groups is 1. The first kappa shape index (κ1) is 19.5. The Bertz CT molecular complexity index is 539. The van der Waals surface area contributed by atoms with Gasteiger partial charge in [0, 0.05) is 19.6 Å². The molecule has 1 atom stereocenters. The smallest absolute Gasteiger partial charge is 0.194 e. The van der Waals surface area contributed by atoms with Crippen LogP contribution in [0.4, 0.5) is 0 Å². The maximum atomic E-state index is 12.2. The van der Waals surface area contributed by atoms with Gasteiger partial charge in [-0.3, -0.25) is 4.99 Å². The molecule has 2 fully saturated rings. The minimum Gasteiger partial charge on any atom is -0.391 e. The quantitative estimate of drug-likeness (QED) is 0.586. The molecule has 2 aliphatic rings. The number of sulfone groups is 1. The second kappa shape index (κ2) is 8.04. The van der Waals surface area contributed by atoms with Crippen LogP contribution in [0.25, 0.3) is 0 Å². The Balaban J connectivity index is 2.02. The molecule has 0 aromatic rings. The first-order valence-corrected chi connectivity index (χ1v) is 10.9. The molecule has 1 aliphatic heterocycles. The zero-order valence-corrected chi connectivity index (χ0v) is 16.1. The van der Waals surface area contributed by atoms with Gasteiger partial charge in [0.15, 0.2) is 15.8 Å². The van der Waals surface area contributed by atoms with Crippen molar-refractivity contribution in [1.29, 1.82) is 0 Å². The van der Waals surface area contributed by atoms with E-state index in [1.54, 1.807) is 13.8 Å². The van der Waals surface area contributed by atoms with Crippen molar-refractivity contribution in [2.24, 2.45) is 10.9 Å². The first-order valence-electron chi connectivity index (χ1n) is 9.20. The predicted molar refractivity (Wildman–Crippen MR) is 98.0 cm³/mol. The number of guanidine groups is 1. The van der Waals surface area contributed by atoms with Crippen LogP contribution in [0.15, 0.2) is 4.99 Å². The van der Waals surface area contributed by atoms with Gasteiger partial charge < -0.3 is 15.3 Å². The molecular formula is C17H33N3O3S. The second-order valence-corrected chi connectivity index (χ2v) is 10.4. The lowest BCUT2D eigenvalue weighted by Crippen LogP contribution is -2.57. The summed E-state index contributed by atoms with van der Waals surface area (Å²) < 4.78 is 23.6. The molecule has 2 N–H and O–H groups in total. The van der Waals surface area contributed by atoms with Crippen molar-refractivity contribution in [2.75, 3.05) is 31.9 Å². The van der Waals surface area contributed by atoms with E-state index in [9.17, 15) is 13.5 Å². The Kier molecular flexibility index (Phi) is 6.53. The summed E-state index contributed by atoms with van der Waals surface area (Å²) in [7, 11) is -3.06. The molecule has 1 unspecified atom stereocenters. The molecule has 7 heteroatoms. The minimum atomic E-state index is -3.06. The number of nitrogens with zero attached hydrogens (tertiary/aromatic N) is 2. The molecule has 0 radical (unpaired) electrons. The molecule has 1 saturated heterocycles. The molecule has 0 aromatic heterocycles. The van der Waals surface area contributed by atoms with Gasteiger partial charge in [0.2, 0.25) is 0 Å². The molecule has 24 heavy (non-hydrogen) atoms. The zero-order valence-electron chi connectivity index (χ0n) is 15.3. The Morgan fingerprint density at radius 3 is 2.58 bits per heavy atom. The lowest BCUT2D eigenvalue weighted by Gasteiger charge is -2.39. The summed E-state index contributed by atoms with van der Waals surface area (Å²) in [4.78, 5) is 6.62. The summed E-state index contributed by atoms with van der Waals surface area (Å²) >= 11 is 0. The van der Waals surface area contributed by atoms with Gasteiger partial charge in [0.05, 0.1) is 23.1 Å². The van der Waals surface area contributed by atoms with Crippen LogP contribution < -0.4 is 5.32 Å². The summed E-state index contributed by atoms with van der Waals surface area (Å²) in [6.45, 7) is 7.54. The fourth-order valence-corrected chi connectivity index (χ4v) is 4.96. The van der Waals surface area contributed by atoms with E-state index in [1.807, 2.05) is 11.8 Å². The van der Waals surface area contributed by atoms with Crippen molar-refractivity contribution in [1.82, 2.24) is 10.2 Å². The van der Waals surface area contributed by atoms with Crippen LogP contribution in [0.3, 0.4) is 0 Å². The van der Waals surface area contributed by atoms with E-state index < -0.39 is 20.7 Å². The van der Waals surface area contributed by atoms with Gasteiger partial charge in [-0.25, -0.2) is 8.42 Å². The largest absolute Gasteiger partial charge is 0.391 e. The van der Waals surface area contributed by atoms with E-state index in [-0.39, 0.29) is 5.75 Å². The number of hydrogen-bond acceptors (Lipinski definition) is 4. The molecule has 1 heterocycles. The van der Waals surface area contributed by atoms with E-state index in [4.69, 9.17) is 0 Å². The van der Waals surface area contributed by atoms with E-state index in [0.29, 0.717) is 25.6 Å². The van der Waals surface area contributed by atoms with Gasteiger partial charge in [-0.2, -0.15) is 0 Å². The monoisotopic (exact) mass is 359 g/mol. The van der Waals surface area contributed by atoms with Gasteiger partial charge in [0.25, 0.3) is 0 Å². The van der Waals surface area contributed by atoms with Crippen molar-refractivity contribution in [3.8, 4) is 0 Å². The standard InChI is InChI=1S/C17H33N3O3S/c1-4-18-16(19-12-15(21)14-8-6-5-7-9-14)20-10-11-24(22,23)17(2,3)13-20/h14-15,21H,4-13H2,1-3H3,(H,18,19). The molecule has 1 aliphatic carbocycles. The molecule has 6 nitrogen and oxygen atoms in total. The highest BCUT2D eigenvalue weighted by atomic mass is 32.2. The first-order chi connectivity index (χ1) is 11.3. The maximum absolute atomic E-state index is 12.2. The van der Waals surface area contributed by atoms with Crippen molar-refractivity contribution in [3.63, 3.8) is 0 Å². The van der Waals surface area contributed by atoms with E-state index in [2.05, 4.69) is 10.3 Å². The van der Waals surface area contributed by atoms with Gasteiger partial charge in [-0.1, -0.05) is 19.3 Å². The van der Waals surface area contributed by atoms with Gasteiger partial charge in [0.1, 0.15) is 0 Å². The van der Waals surface area contributed by atoms with E-state index in [0.717, 1.165) is 25.3 Å². The third-order valence-electron chi connectivity index (χ3n) is 5.30. The van der Waals surface area contributed by atoms with E-state index >= 15 is 0 Å². The normalized spacial score (nSPS) is 26.2. The predicted octanol–water partition coefficient (Wildman–Crippen LogP) is 1.40. The number of nitrogens with one attached hydrogen (secondary N) is 1. The average Bonchev–Trinajstić information content (AvgIpc) is 2.54. The summed E-state index contributed by atoms with van der Waals surface area (Å²) in [6, 6.07) is 0. The van der Waals surface area contributed by atoms with Gasteiger partial charge in [-0.05, 0) is 39.5 Å². The zero-order chi connectivity index (χ0) is 17.8. The van der Waals surface area contributed by atoms with Crippen LogP contribution >= 0.6 is 0 Å². The fraction of sp³-hybridized carbons (Fsp3) is 0.941. The average molecular weight is 360 g/mol. The SMILES string of the molecule is CCNC(=NCC(O)C1CCCCC1)N1CCS(=O)(=O)C(C)(C)C1.